The van der Waals surface area contributed by atoms with E-state index < -0.39 is 10.0 Å². The summed E-state index contributed by atoms with van der Waals surface area (Å²) < 4.78 is 28.9. The maximum Gasteiger partial charge on any atom is 0.241 e. The van der Waals surface area contributed by atoms with Crippen molar-refractivity contribution in [2.45, 2.75) is 31.3 Å². The first kappa shape index (κ1) is 15.2. The Hall–Kier alpha value is -1.22. The Morgan fingerprint density at radius 1 is 1.50 bits per heavy atom. The van der Waals surface area contributed by atoms with Gasteiger partial charge >= 0.3 is 0 Å². The molecule has 2 aromatic heterocycles. The summed E-state index contributed by atoms with van der Waals surface area (Å²) in [5.41, 5.74) is 6.33. The van der Waals surface area contributed by atoms with Crippen LogP contribution in [0.1, 0.15) is 16.9 Å². The first-order valence-corrected chi connectivity index (χ1v) is 8.65. The van der Waals surface area contributed by atoms with Crippen molar-refractivity contribution in [1.29, 1.82) is 0 Å². The molecule has 2 rings (SSSR count). The van der Waals surface area contributed by atoms with Crippen molar-refractivity contribution >= 4 is 21.4 Å². The lowest BCUT2D eigenvalue weighted by atomic mass is 10.3. The van der Waals surface area contributed by atoms with Gasteiger partial charge in [0.25, 0.3) is 0 Å². The van der Waals surface area contributed by atoms with Crippen LogP contribution in [0, 0.1) is 6.92 Å². The molecule has 0 aliphatic carbocycles. The van der Waals surface area contributed by atoms with Crippen molar-refractivity contribution in [3.05, 3.63) is 34.3 Å². The zero-order valence-corrected chi connectivity index (χ0v) is 12.9. The average Bonchev–Trinajstić information content (AvgIpc) is 3.03. The number of nitrogens with two attached hydrogens (primary N) is 1. The normalized spacial score (nSPS) is 11.9. The third-order valence-electron chi connectivity index (χ3n) is 2.86. The third kappa shape index (κ3) is 3.45. The van der Waals surface area contributed by atoms with Gasteiger partial charge in [-0.3, -0.25) is 4.68 Å². The molecular weight excluding hydrogens is 296 g/mol. The van der Waals surface area contributed by atoms with E-state index >= 15 is 0 Å². The van der Waals surface area contributed by atoms with Crippen LogP contribution in [-0.2, 0) is 23.1 Å². The Labute approximate surface area is 122 Å². The van der Waals surface area contributed by atoms with E-state index in [1.807, 2.05) is 17.6 Å². The zero-order chi connectivity index (χ0) is 14.6. The molecule has 0 aliphatic heterocycles. The molecule has 6 nitrogen and oxygen atoms in total. The quantitative estimate of drug-likeness (QED) is 0.748. The molecule has 3 N–H and O–H groups in total. The fraction of sp³-hybridized carbons (Fsp3) is 0.417. The minimum Gasteiger partial charge on any atom is -0.326 e. The Balaban J connectivity index is 1.95. The second-order valence-electron chi connectivity index (χ2n) is 4.40. The largest absolute Gasteiger partial charge is 0.326 e. The Kier molecular flexibility index (Phi) is 4.92. The highest BCUT2D eigenvalue weighted by molar-refractivity contribution is 7.89. The predicted molar refractivity (Wildman–Crippen MR) is 79.0 cm³/mol. The van der Waals surface area contributed by atoms with E-state index in [1.54, 1.807) is 17.8 Å². The molecule has 0 bridgehead atoms. The van der Waals surface area contributed by atoms with Gasteiger partial charge in [-0.1, -0.05) is 0 Å². The zero-order valence-electron chi connectivity index (χ0n) is 11.2. The molecule has 0 saturated heterocycles. The van der Waals surface area contributed by atoms with E-state index in [-0.39, 0.29) is 6.54 Å². The number of hydrogen-bond acceptors (Lipinski definition) is 5. The number of sulfonamides is 1. The molecule has 110 valence electrons. The first-order chi connectivity index (χ1) is 9.54. The van der Waals surface area contributed by atoms with Gasteiger partial charge < -0.3 is 5.73 Å². The molecule has 0 spiro atoms. The second kappa shape index (κ2) is 6.49. The van der Waals surface area contributed by atoms with Crippen LogP contribution in [0.15, 0.2) is 28.7 Å². The van der Waals surface area contributed by atoms with Gasteiger partial charge in [-0.05, 0) is 30.4 Å². The Bertz CT molecular complexity index is 647. The fourth-order valence-electron chi connectivity index (χ4n) is 1.94. The van der Waals surface area contributed by atoms with Crippen LogP contribution >= 0.6 is 11.3 Å². The molecule has 2 heterocycles. The van der Waals surface area contributed by atoms with Gasteiger partial charge in [0, 0.05) is 36.9 Å². The maximum atomic E-state index is 12.3. The third-order valence-corrected chi connectivity index (χ3v) is 5.80. The van der Waals surface area contributed by atoms with Crippen LogP contribution in [0.3, 0.4) is 0 Å². The van der Waals surface area contributed by atoms with Crippen LogP contribution in [-0.4, -0.2) is 24.7 Å². The standard InChI is InChI=1S/C12H18N4O2S2/c1-10-9-19-11(8-13)12(10)20(17,18)15-5-3-7-16-6-2-4-14-16/h2,4,6,9,15H,3,5,7-8,13H2,1H3. The van der Waals surface area contributed by atoms with Gasteiger partial charge in [0.05, 0.1) is 0 Å². The fourth-order valence-corrected chi connectivity index (χ4v) is 4.71. The number of rotatable bonds is 7. The minimum atomic E-state index is -3.48. The molecule has 0 radical (unpaired) electrons. The minimum absolute atomic E-state index is 0.238. The molecular formula is C12H18N4O2S2. The predicted octanol–water partition coefficient (Wildman–Crippen LogP) is 1.08. The number of thiophene rings is 1. The van der Waals surface area contributed by atoms with Gasteiger partial charge in [-0.15, -0.1) is 11.3 Å². The molecule has 0 unspecified atom stereocenters. The molecule has 8 heteroatoms. The van der Waals surface area contributed by atoms with E-state index in [2.05, 4.69) is 9.82 Å². The van der Waals surface area contributed by atoms with Crippen LogP contribution in [0.5, 0.6) is 0 Å². The topological polar surface area (TPSA) is 90.0 Å². The molecule has 0 amide bonds. The van der Waals surface area contributed by atoms with Gasteiger partial charge in [0.1, 0.15) is 4.90 Å². The highest BCUT2D eigenvalue weighted by Crippen LogP contribution is 2.26. The summed E-state index contributed by atoms with van der Waals surface area (Å²) in [5, 5.41) is 5.89. The Morgan fingerprint density at radius 2 is 2.30 bits per heavy atom. The lowest BCUT2D eigenvalue weighted by Gasteiger charge is -2.08. The number of aryl methyl sites for hydroxylation is 2. The van der Waals surface area contributed by atoms with Crippen LogP contribution in [0.2, 0.25) is 0 Å². The number of aromatic nitrogens is 2. The van der Waals surface area contributed by atoms with Crippen LogP contribution in [0.25, 0.3) is 0 Å². The molecule has 0 saturated carbocycles. The smallest absolute Gasteiger partial charge is 0.241 e. The number of nitrogens with one attached hydrogen (secondary N) is 1. The molecule has 20 heavy (non-hydrogen) atoms. The second-order valence-corrected chi connectivity index (χ2v) is 7.06. The lowest BCUT2D eigenvalue weighted by Crippen LogP contribution is -2.27. The summed E-state index contributed by atoms with van der Waals surface area (Å²) in [7, 11) is -3.48. The summed E-state index contributed by atoms with van der Waals surface area (Å²) in [5.74, 6) is 0. The van der Waals surface area contributed by atoms with E-state index in [0.717, 1.165) is 5.56 Å². The van der Waals surface area contributed by atoms with Gasteiger partial charge in [0.15, 0.2) is 0 Å². The van der Waals surface area contributed by atoms with Crippen molar-refractivity contribution < 1.29 is 8.42 Å². The van der Waals surface area contributed by atoms with Crippen LogP contribution < -0.4 is 10.5 Å². The summed E-state index contributed by atoms with van der Waals surface area (Å²) in [6.45, 7) is 3.08. The summed E-state index contributed by atoms with van der Waals surface area (Å²) in [4.78, 5) is 1.03. The SMILES string of the molecule is Cc1csc(CN)c1S(=O)(=O)NCCCn1cccn1. The number of hydrogen-bond donors (Lipinski definition) is 2. The van der Waals surface area contributed by atoms with Gasteiger partial charge in [-0.2, -0.15) is 5.10 Å². The molecule has 0 aliphatic rings. The van der Waals surface area contributed by atoms with Crippen LogP contribution in [0.4, 0.5) is 0 Å². The monoisotopic (exact) mass is 314 g/mol. The Morgan fingerprint density at radius 3 is 2.95 bits per heavy atom. The molecule has 0 fully saturated rings. The van der Waals surface area contributed by atoms with Crippen molar-refractivity contribution in [2.24, 2.45) is 5.73 Å². The molecule has 0 aromatic carbocycles. The average molecular weight is 314 g/mol. The van der Waals surface area contributed by atoms with E-state index in [4.69, 9.17) is 5.73 Å². The van der Waals surface area contributed by atoms with E-state index in [0.29, 0.717) is 29.3 Å². The highest BCUT2D eigenvalue weighted by Gasteiger charge is 2.21. The number of nitrogens with zero attached hydrogens (tertiary/aromatic N) is 2. The summed E-state index contributed by atoms with van der Waals surface area (Å²) in [6, 6.07) is 1.84. The van der Waals surface area contributed by atoms with Crippen molar-refractivity contribution in [3.8, 4) is 0 Å². The summed E-state index contributed by atoms with van der Waals surface area (Å²) >= 11 is 1.38. The van der Waals surface area contributed by atoms with E-state index in [1.165, 1.54) is 11.3 Å². The molecule has 0 atom stereocenters. The molecule has 2 aromatic rings. The maximum absolute atomic E-state index is 12.3. The van der Waals surface area contributed by atoms with E-state index in [9.17, 15) is 8.42 Å². The first-order valence-electron chi connectivity index (χ1n) is 6.28. The van der Waals surface area contributed by atoms with Gasteiger partial charge in [-0.25, -0.2) is 13.1 Å². The highest BCUT2D eigenvalue weighted by atomic mass is 32.2. The lowest BCUT2D eigenvalue weighted by molar-refractivity contribution is 0.552. The van der Waals surface area contributed by atoms with Crippen molar-refractivity contribution in [3.63, 3.8) is 0 Å². The van der Waals surface area contributed by atoms with Crippen molar-refractivity contribution in [1.82, 2.24) is 14.5 Å². The summed E-state index contributed by atoms with van der Waals surface area (Å²) in [6.07, 6.45) is 4.23. The van der Waals surface area contributed by atoms with Gasteiger partial charge in [0.2, 0.25) is 10.0 Å². The van der Waals surface area contributed by atoms with Crippen molar-refractivity contribution in [2.75, 3.05) is 6.54 Å².